The van der Waals surface area contributed by atoms with Gasteiger partial charge in [-0.2, -0.15) is 5.10 Å². The fourth-order valence-electron chi connectivity index (χ4n) is 2.16. The fraction of sp³-hybridized carbons (Fsp3) is 0.333. The Morgan fingerprint density at radius 1 is 1.17 bits per heavy atom. The van der Waals surface area contributed by atoms with E-state index in [0.717, 1.165) is 36.8 Å². The summed E-state index contributed by atoms with van der Waals surface area (Å²) in [7, 11) is 0. The van der Waals surface area contributed by atoms with Gasteiger partial charge in [-0.1, -0.05) is 38.1 Å². The van der Waals surface area contributed by atoms with Gasteiger partial charge in [0, 0.05) is 23.2 Å². The Morgan fingerprint density at radius 3 is 2.44 bits per heavy atom. The molecule has 1 aromatic heterocycles. The Kier molecular flexibility index (Phi) is 3.92. The van der Waals surface area contributed by atoms with E-state index in [-0.39, 0.29) is 0 Å². The Balaban J connectivity index is 2.26. The molecule has 94 valence electrons. The van der Waals surface area contributed by atoms with Crippen molar-refractivity contribution in [2.75, 3.05) is 0 Å². The number of hydrogen-bond donors (Lipinski definition) is 1. The molecule has 1 N–H and O–H groups in total. The molecule has 3 heteroatoms. The van der Waals surface area contributed by atoms with Crippen molar-refractivity contribution in [3.8, 4) is 0 Å². The third-order valence-electron chi connectivity index (χ3n) is 3.22. The highest BCUT2D eigenvalue weighted by Crippen LogP contribution is 2.18. The van der Waals surface area contributed by atoms with Crippen molar-refractivity contribution in [3.63, 3.8) is 0 Å². The lowest BCUT2D eigenvalue weighted by Gasteiger charge is -2.04. The molecule has 0 spiro atoms. The van der Waals surface area contributed by atoms with Crippen LogP contribution in [0.4, 0.5) is 0 Å². The van der Waals surface area contributed by atoms with E-state index in [1.807, 2.05) is 24.3 Å². The molecule has 2 rings (SSSR count). The summed E-state index contributed by atoms with van der Waals surface area (Å²) in [6.07, 6.45) is 3.66. The summed E-state index contributed by atoms with van der Waals surface area (Å²) in [5, 5.41) is 7.47. The van der Waals surface area contributed by atoms with E-state index in [2.05, 4.69) is 24.0 Å². The monoisotopic (exact) mass is 242 g/mol. The molecule has 0 aliphatic heterocycles. The first kappa shape index (κ1) is 12.6. The number of hydrogen-bond acceptors (Lipinski definition) is 2. The molecule has 0 saturated heterocycles. The predicted octanol–water partition coefficient (Wildman–Crippen LogP) is 2.94. The van der Waals surface area contributed by atoms with Gasteiger partial charge in [0.25, 0.3) is 0 Å². The van der Waals surface area contributed by atoms with Gasteiger partial charge in [-0.05, 0) is 18.4 Å². The van der Waals surface area contributed by atoms with Crippen LogP contribution in [0, 0.1) is 0 Å². The summed E-state index contributed by atoms with van der Waals surface area (Å²) >= 11 is 0. The van der Waals surface area contributed by atoms with Gasteiger partial charge in [0.15, 0.2) is 0 Å². The van der Waals surface area contributed by atoms with Crippen LogP contribution in [0.15, 0.2) is 24.3 Å². The minimum Gasteiger partial charge on any atom is -0.298 e. The van der Waals surface area contributed by atoms with E-state index in [0.29, 0.717) is 0 Å². The zero-order chi connectivity index (χ0) is 13.0. The topological polar surface area (TPSA) is 45.8 Å². The molecule has 0 atom stereocenters. The summed E-state index contributed by atoms with van der Waals surface area (Å²) in [4.78, 5) is 10.6. The summed E-state index contributed by atoms with van der Waals surface area (Å²) < 4.78 is 0. The maximum absolute atomic E-state index is 10.6. The largest absolute Gasteiger partial charge is 0.298 e. The van der Waals surface area contributed by atoms with Gasteiger partial charge in [-0.3, -0.25) is 9.89 Å². The number of H-pyrrole nitrogens is 1. The van der Waals surface area contributed by atoms with Gasteiger partial charge >= 0.3 is 0 Å². The molecule has 0 unspecified atom stereocenters. The van der Waals surface area contributed by atoms with Crippen molar-refractivity contribution >= 4 is 6.29 Å². The van der Waals surface area contributed by atoms with Gasteiger partial charge in [0.1, 0.15) is 6.29 Å². The first-order chi connectivity index (χ1) is 8.78. The zero-order valence-corrected chi connectivity index (χ0v) is 10.9. The Bertz CT molecular complexity index is 504. The molecule has 0 radical (unpaired) electrons. The van der Waals surface area contributed by atoms with E-state index < -0.39 is 0 Å². The molecule has 0 aliphatic rings. The number of rotatable bonds is 5. The van der Waals surface area contributed by atoms with Crippen LogP contribution in [0.2, 0.25) is 0 Å². The van der Waals surface area contributed by atoms with Crippen LogP contribution in [-0.2, 0) is 19.3 Å². The lowest BCUT2D eigenvalue weighted by molar-refractivity contribution is 0.112. The highest BCUT2D eigenvalue weighted by Gasteiger charge is 2.10. The molecule has 0 fully saturated rings. The number of aromatic amines is 1. The van der Waals surface area contributed by atoms with Crippen molar-refractivity contribution in [1.82, 2.24) is 10.2 Å². The number of aldehydes is 1. The Labute approximate surface area is 107 Å². The standard InChI is InChI=1S/C15H18N2O/c1-3-14-13(15(4-2)17-16-14)9-11-5-7-12(10-18)8-6-11/h5-8,10H,3-4,9H2,1-2H3,(H,16,17). The fourth-order valence-corrected chi connectivity index (χ4v) is 2.16. The number of benzene rings is 1. The molecule has 1 heterocycles. The second-order valence-electron chi connectivity index (χ2n) is 4.37. The second kappa shape index (κ2) is 5.63. The highest BCUT2D eigenvalue weighted by atomic mass is 16.1. The number of aryl methyl sites for hydroxylation is 2. The summed E-state index contributed by atoms with van der Waals surface area (Å²) in [5.74, 6) is 0. The quantitative estimate of drug-likeness (QED) is 0.819. The van der Waals surface area contributed by atoms with Crippen molar-refractivity contribution in [3.05, 3.63) is 52.3 Å². The van der Waals surface area contributed by atoms with Crippen molar-refractivity contribution < 1.29 is 4.79 Å². The maximum Gasteiger partial charge on any atom is 0.150 e. The maximum atomic E-state index is 10.6. The number of nitrogens with zero attached hydrogens (tertiary/aromatic N) is 1. The Hall–Kier alpha value is -1.90. The third-order valence-corrected chi connectivity index (χ3v) is 3.22. The van der Waals surface area contributed by atoms with Crippen molar-refractivity contribution in [1.29, 1.82) is 0 Å². The van der Waals surface area contributed by atoms with Gasteiger partial charge in [-0.15, -0.1) is 0 Å². The van der Waals surface area contributed by atoms with Crippen LogP contribution in [0.5, 0.6) is 0 Å². The molecule has 3 nitrogen and oxygen atoms in total. The van der Waals surface area contributed by atoms with Gasteiger partial charge in [0.2, 0.25) is 0 Å². The third kappa shape index (κ3) is 2.50. The van der Waals surface area contributed by atoms with Crippen molar-refractivity contribution in [2.24, 2.45) is 0 Å². The zero-order valence-electron chi connectivity index (χ0n) is 10.9. The van der Waals surface area contributed by atoms with E-state index in [4.69, 9.17) is 0 Å². The first-order valence-corrected chi connectivity index (χ1v) is 6.37. The average Bonchev–Trinajstić information content (AvgIpc) is 2.81. The van der Waals surface area contributed by atoms with Gasteiger partial charge in [-0.25, -0.2) is 0 Å². The molecule has 0 bridgehead atoms. The summed E-state index contributed by atoms with van der Waals surface area (Å²) in [6.45, 7) is 4.25. The van der Waals surface area contributed by atoms with Crippen molar-refractivity contribution in [2.45, 2.75) is 33.1 Å². The van der Waals surface area contributed by atoms with Gasteiger partial charge < -0.3 is 0 Å². The molecule has 18 heavy (non-hydrogen) atoms. The van der Waals surface area contributed by atoms with Crippen LogP contribution in [-0.4, -0.2) is 16.5 Å². The van der Waals surface area contributed by atoms with Crippen LogP contribution in [0.3, 0.4) is 0 Å². The summed E-state index contributed by atoms with van der Waals surface area (Å²) in [5.41, 5.74) is 5.60. The van der Waals surface area contributed by atoms with E-state index in [1.165, 1.54) is 16.8 Å². The minimum atomic E-state index is 0.720. The Morgan fingerprint density at radius 2 is 1.89 bits per heavy atom. The van der Waals surface area contributed by atoms with Crippen LogP contribution < -0.4 is 0 Å². The van der Waals surface area contributed by atoms with Crippen LogP contribution in [0.25, 0.3) is 0 Å². The molecule has 0 saturated carbocycles. The summed E-state index contributed by atoms with van der Waals surface area (Å²) in [6, 6.07) is 7.74. The number of carbonyl (C=O) groups is 1. The molecular formula is C15H18N2O. The minimum absolute atomic E-state index is 0.720. The normalized spacial score (nSPS) is 10.6. The average molecular weight is 242 g/mol. The smallest absolute Gasteiger partial charge is 0.150 e. The molecule has 0 amide bonds. The molecular weight excluding hydrogens is 224 g/mol. The van der Waals surface area contributed by atoms with Gasteiger partial charge in [0.05, 0.1) is 5.69 Å². The highest BCUT2D eigenvalue weighted by molar-refractivity contribution is 5.74. The number of aromatic nitrogens is 2. The molecule has 2 aromatic rings. The lowest BCUT2D eigenvalue weighted by atomic mass is 10.00. The molecule has 0 aliphatic carbocycles. The lowest BCUT2D eigenvalue weighted by Crippen LogP contribution is -1.96. The predicted molar refractivity (Wildman–Crippen MR) is 72.0 cm³/mol. The van der Waals surface area contributed by atoms with Crippen LogP contribution in [0.1, 0.15) is 46.7 Å². The number of carbonyl (C=O) groups excluding carboxylic acids is 1. The number of nitrogens with one attached hydrogen (secondary N) is 1. The van der Waals surface area contributed by atoms with Crippen LogP contribution >= 0.6 is 0 Å². The first-order valence-electron chi connectivity index (χ1n) is 6.37. The second-order valence-corrected chi connectivity index (χ2v) is 4.37. The molecule has 1 aromatic carbocycles. The van der Waals surface area contributed by atoms with E-state index >= 15 is 0 Å². The SMILES string of the molecule is CCc1n[nH]c(CC)c1Cc1ccc(C=O)cc1. The van der Waals surface area contributed by atoms with E-state index in [1.54, 1.807) is 0 Å². The van der Waals surface area contributed by atoms with E-state index in [9.17, 15) is 4.79 Å².